The number of rotatable bonds is 7. The molecule has 2 aliphatic rings. The summed E-state index contributed by atoms with van der Waals surface area (Å²) < 4.78 is 5.86. The van der Waals surface area contributed by atoms with E-state index in [1.807, 2.05) is 42.5 Å². The van der Waals surface area contributed by atoms with Crippen LogP contribution in [0.25, 0.3) is 0 Å². The van der Waals surface area contributed by atoms with Gasteiger partial charge in [-0.25, -0.2) is 4.90 Å². The van der Waals surface area contributed by atoms with Gasteiger partial charge in [0.05, 0.1) is 5.69 Å². The van der Waals surface area contributed by atoms with E-state index >= 15 is 0 Å². The minimum atomic E-state index is -0.329. The lowest BCUT2D eigenvalue weighted by atomic mass is 9.95. The Labute approximate surface area is 214 Å². The Morgan fingerprint density at radius 2 is 1.46 bits per heavy atom. The smallest absolute Gasteiger partial charge is 0.282 e. The van der Waals surface area contributed by atoms with E-state index in [0.29, 0.717) is 27.1 Å². The van der Waals surface area contributed by atoms with Crippen LogP contribution in [0.4, 0.5) is 5.69 Å². The molecule has 1 aliphatic heterocycles. The standard InChI is InChI=1S/C28H25ClN2O3S/c29-19-11-17-24(18-12-19)35-26-25(30-20-7-3-1-4-8-20)27(32)31(28(26)33)21-13-15-23(16-14-21)34-22-9-5-2-6-10-22/h2,5-6,9-18,20,30H,1,3-4,7-8H2. The predicted octanol–water partition coefficient (Wildman–Crippen LogP) is 6.93. The number of ether oxygens (including phenoxy) is 1. The number of carbonyl (C=O) groups excluding carboxylic acids is 2. The number of thioether (sulfide) groups is 1. The average Bonchev–Trinajstić information content (AvgIpc) is 3.11. The van der Waals surface area contributed by atoms with Gasteiger partial charge >= 0.3 is 0 Å². The maximum atomic E-state index is 13.5. The minimum Gasteiger partial charge on any atom is -0.457 e. The molecular weight excluding hydrogens is 480 g/mol. The number of imide groups is 1. The first kappa shape index (κ1) is 23.5. The van der Waals surface area contributed by atoms with Crippen molar-refractivity contribution in [2.75, 3.05) is 4.90 Å². The van der Waals surface area contributed by atoms with Crippen molar-refractivity contribution in [3.63, 3.8) is 0 Å². The summed E-state index contributed by atoms with van der Waals surface area (Å²) in [5.74, 6) is 0.693. The Hall–Kier alpha value is -3.22. The number of para-hydroxylation sites is 1. The summed E-state index contributed by atoms with van der Waals surface area (Å²) in [5, 5.41) is 4.04. The number of nitrogens with one attached hydrogen (secondary N) is 1. The predicted molar refractivity (Wildman–Crippen MR) is 140 cm³/mol. The van der Waals surface area contributed by atoms with E-state index in [1.165, 1.54) is 23.1 Å². The molecule has 0 radical (unpaired) electrons. The Morgan fingerprint density at radius 1 is 0.800 bits per heavy atom. The Bertz CT molecular complexity index is 1240. The SMILES string of the molecule is O=C1C(NC2CCCCC2)=C(Sc2ccc(Cl)cc2)C(=O)N1c1ccc(Oc2ccccc2)cc1. The number of amides is 2. The zero-order chi connectivity index (χ0) is 24.2. The second-order valence-electron chi connectivity index (χ2n) is 8.59. The summed E-state index contributed by atoms with van der Waals surface area (Å²) in [6, 6.07) is 23.9. The molecule has 1 aliphatic carbocycles. The molecule has 1 fully saturated rings. The summed E-state index contributed by atoms with van der Waals surface area (Å²) in [6.45, 7) is 0. The first-order valence-corrected chi connectivity index (χ1v) is 12.9. The molecule has 1 heterocycles. The number of benzene rings is 3. The number of carbonyl (C=O) groups is 2. The molecule has 5 nitrogen and oxygen atoms in total. The van der Waals surface area contributed by atoms with Crippen molar-refractivity contribution in [2.45, 2.75) is 43.0 Å². The Balaban J connectivity index is 1.40. The van der Waals surface area contributed by atoms with Gasteiger partial charge < -0.3 is 10.1 Å². The van der Waals surface area contributed by atoms with Crippen molar-refractivity contribution >= 4 is 40.9 Å². The van der Waals surface area contributed by atoms with Gasteiger partial charge in [0, 0.05) is 16.0 Å². The van der Waals surface area contributed by atoms with Gasteiger partial charge in [0.25, 0.3) is 11.8 Å². The topological polar surface area (TPSA) is 58.6 Å². The number of halogens is 1. The average molecular weight is 505 g/mol. The van der Waals surface area contributed by atoms with E-state index in [-0.39, 0.29) is 17.9 Å². The third kappa shape index (κ3) is 5.39. The monoisotopic (exact) mass is 504 g/mol. The highest BCUT2D eigenvalue weighted by Gasteiger charge is 2.41. The van der Waals surface area contributed by atoms with Gasteiger partial charge in [0.15, 0.2) is 0 Å². The molecule has 0 saturated heterocycles. The molecule has 0 spiro atoms. The highest BCUT2D eigenvalue weighted by Crippen LogP contribution is 2.38. The quantitative estimate of drug-likeness (QED) is 0.353. The summed E-state index contributed by atoms with van der Waals surface area (Å²) in [4.78, 5) is 29.6. The van der Waals surface area contributed by atoms with E-state index in [9.17, 15) is 9.59 Å². The third-order valence-corrected chi connectivity index (χ3v) is 7.45. The second kappa shape index (κ2) is 10.6. The van der Waals surface area contributed by atoms with Crippen molar-refractivity contribution in [3.8, 4) is 11.5 Å². The Morgan fingerprint density at radius 3 is 2.14 bits per heavy atom. The van der Waals surface area contributed by atoms with Crippen LogP contribution >= 0.6 is 23.4 Å². The van der Waals surface area contributed by atoms with E-state index in [4.69, 9.17) is 16.3 Å². The molecule has 2 amide bonds. The zero-order valence-corrected chi connectivity index (χ0v) is 20.6. The normalized spacial score (nSPS) is 16.7. The maximum absolute atomic E-state index is 13.5. The number of hydrogen-bond acceptors (Lipinski definition) is 5. The number of hydrogen-bond donors (Lipinski definition) is 1. The zero-order valence-electron chi connectivity index (χ0n) is 19.1. The second-order valence-corrected chi connectivity index (χ2v) is 10.1. The van der Waals surface area contributed by atoms with Crippen LogP contribution in [0.5, 0.6) is 11.5 Å². The van der Waals surface area contributed by atoms with Crippen molar-refractivity contribution < 1.29 is 14.3 Å². The van der Waals surface area contributed by atoms with Gasteiger partial charge in [-0.2, -0.15) is 0 Å². The molecule has 1 N–H and O–H groups in total. The summed E-state index contributed by atoms with van der Waals surface area (Å²) in [7, 11) is 0. The van der Waals surface area contributed by atoms with Crippen LogP contribution in [-0.4, -0.2) is 17.9 Å². The fourth-order valence-corrected chi connectivity index (χ4v) is 5.39. The molecule has 0 aromatic heterocycles. The van der Waals surface area contributed by atoms with Gasteiger partial charge in [-0.05, 0) is 73.5 Å². The van der Waals surface area contributed by atoms with E-state index in [0.717, 1.165) is 36.3 Å². The van der Waals surface area contributed by atoms with Crippen LogP contribution in [0.1, 0.15) is 32.1 Å². The van der Waals surface area contributed by atoms with Gasteiger partial charge in [-0.1, -0.05) is 60.8 Å². The minimum absolute atomic E-state index is 0.193. The van der Waals surface area contributed by atoms with Gasteiger partial charge in [-0.3, -0.25) is 9.59 Å². The number of nitrogens with zero attached hydrogens (tertiary/aromatic N) is 1. The highest BCUT2D eigenvalue weighted by molar-refractivity contribution is 8.04. The van der Waals surface area contributed by atoms with Crippen molar-refractivity contribution in [1.29, 1.82) is 0 Å². The van der Waals surface area contributed by atoms with Crippen molar-refractivity contribution in [3.05, 3.63) is 94.5 Å². The lowest BCUT2D eigenvalue weighted by Crippen LogP contribution is -2.37. The Kier molecular flexibility index (Phi) is 7.11. The van der Waals surface area contributed by atoms with Gasteiger partial charge in [-0.15, -0.1) is 0 Å². The summed E-state index contributed by atoms with van der Waals surface area (Å²) in [5.41, 5.74) is 0.890. The first-order valence-electron chi connectivity index (χ1n) is 11.7. The molecule has 1 saturated carbocycles. The van der Waals surface area contributed by atoms with Crippen LogP contribution in [0, 0.1) is 0 Å². The lowest BCUT2D eigenvalue weighted by Gasteiger charge is -2.24. The molecule has 3 aromatic rings. The van der Waals surface area contributed by atoms with Crippen LogP contribution in [0.15, 0.2) is 94.4 Å². The molecule has 7 heteroatoms. The van der Waals surface area contributed by atoms with Crippen LogP contribution in [0.2, 0.25) is 5.02 Å². The summed E-state index contributed by atoms with van der Waals surface area (Å²) in [6.07, 6.45) is 5.45. The van der Waals surface area contributed by atoms with E-state index < -0.39 is 0 Å². The molecule has 35 heavy (non-hydrogen) atoms. The third-order valence-electron chi connectivity index (χ3n) is 6.10. The van der Waals surface area contributed by atoms with Crippen LogP contribution in [0.3, 0.4) is 0 Å². The number of anilines is 1. The molecule has 0 unspecified atom stereocenters. The van der Waals surface area contributed by atoms with Crippen LogP contribution < -0.4 is 15.0 Å². The highest BCUT2D eigenvalue weighted by atomic mass is 35.5. The molecular formula is C28H25ClN2O3S. The molecule has 0 atom stereocenters. The van der Waals surface area contributed by atoms with Crippen LogP contribution in [-0.2, 0) is 9.59 Å². The molecule has 3 aromatic carbocycles. The first-order chi connectivity index (χ1) is 17.1. The maximum Gasteiger partial charge on any atom is 0.282 e. The van der Waals surface area contributed by atoms with Gasteiger partial charge in [0.2, 0.25) is 0 Å². The van der Waals surface area contributed by atoms with E-state index in [1.54, 1.807) is 36.4 Å². The molecule has 5 rings (SSSR count). The lowest BCUT2D eigenvalue weighted by molar-refractivity contribution is -0.120. The van der Waals surface area contributed by atoms with Crippen molar-refractivity contribution in [1.82, 2.24) is 5.32 Å². The molecule has 178 valence electrons. The summed E-state index contributed by atoms with van der Waals surface area (Å²) >= 11 is 7.33. The largest absolute Gasteiger partial charge is 0.457 e. The van der Waals surface area contributed by atoms with E-state index in [2.05, 4.69) is 5.32 Å². The fourth-order valence-electron chi connectivity index (χ4n) is 4.33. The van der Waals surface area contributed by atoms with Crippen molar-refractivity contribution in [2.24, 2.45) is 0 Å². The molecule has 0 bridgehead atoms. The van der Waals surface area contributed by atoms with Gasteiger partial charge in [0.1, 0.15) is 22.1 Å². The fraction of sp³-hybridized carbons (Fsp3) is 0.214.